The maximum Gasteiger partial charge on any atom is 0.188 e. The summed E-state index contributed by atoms with van der Waals surface area (Å²) in [5, 5.41) is 11.6. The van der Waals surface area contributed by atoms with Gasteiger partial charge in [-0.15, -0.1) is 10.2 Å². The van der Waals surface area contributed by atoms with Crippen LogP contribution in [0.2, 0.25) is 0 Å². The second kappa shape index (κ2) is 10.7. The van der Waals surface area contributed by atoms with Gasteiger partial charge in [-0.1, -0.05) is 22.7 Å². The summed E-state index contributed by atoms with van der Waals surface area (Å²) in [7, 11) is 4.03. The minimum absolute atomic E-state index is 0.486. The third-order valence-corrected chi connectivity index (χ3v) is 7.28. The summed E-state index contributed by atoms with van der Waals surface area (Å²) < 4.78 is 0. The molecule has 0 saturated carbocycles. The highest BCUT2D eigenvalue weighted by molar-refractivity contribution is 7.22. The molecule has 2 aromatic heterocycles. The van der Waals surface area contributed by atoms with Gasteiger partial charge in [0.1, 0.15) is 16.4 Å². The lowest BCUT2D eigenvalue weighted by molar-refractivity contribution is 0.860. The maximum atomic E-state index is 6.34. The normalized spacial score (nSPS) is 11.3. The predicted octanol–water partition coefficient (Wildman–Crippen LogP) is 6.02. The first-order valence-corrected chi connectivity index (χ1v) is 12.5. The number of nitrogens with two attached hydrogens (primary N) is 1. The van der Waals surface area contributed by atoms with Gasteiger partial charge in [-0.3, -0.25) is 0 Å². The standard InChI is InChI=1S/C22H32N8S2/c1-7-29(8-2)21-24-17(18-19(23)25-22(31-18)30(9-3)10-4)20(32-21)27-26-15-11-13-16(14-12-15)28(5)6/h11-14H,7-10,23H2,1-6H3. The first-order chi connectivity index (χ1) is 15.4. The zero-order valence-electron chi connectivity index (χ0n) is 19.7. The van der Waals surface area contributed by atoms with Crippen LogP contribution in [0.4, 0.5) is 32.5 Å². The molecule has 0 spiro atoms. The van der Waals surface area contributed by atoms with Crippen LogP contribution in [0, 0.1) is 0 Å². The van der Waals surface area contributed by atoms with E-state index in [1.807, 2.05) is 38.4 Å². The summed E-state index contributed by atoms with van der Waals surface area (Å²) in [6.45, 7) is 12.0. The van der Waals surface area contributed by atoms with Crippen LogP contribution < -0.4 is 20.4 Å². The van der Waals surface area contributed by atoms with E-state index in [4.69, 9.17) is 10.7 Å². The molecule has 0 bridgehead atoms. The Labute approximate surface area is 198 Å². The van der Waals surface area contributed by atoms with Gasteiger partial charge in [-0.2, -0.15) is 0 Å². The van der Waals surface area contributed by atoms with Crippen molar-refractivity contribution in [2.45, 2.75) is 27.7 Å². The molecule has 3 aromatic rings. The van der Waals surface area contributed by atoms with Crippen molar-refractivity contribution < 1.29 is 0 Å². The van der Waals surface area contributed by atoms with Gasteiger partial charge in [0.05, 0.1) is 5.69 Å². The van der Waals surface area contributed by atoms with E-state index in [2.05, 4.69) is 57.6 Å². The Morgan fingerprint density at radius 2 is 1.38 bits per heavy atom. The Hall–Kier alpha value is -2.72. The van der Waals surface area contributed by atoms with Crippen molar-refractivity contribution in [2.24, 2.45) is 10.2 Å². The number of anilines is 4. The van der Waals surface area contributed by atoms with Gasteiger partial charge in [0.15, 0.2) is 15.3 Å². The zero-order valence-corrected chi connectivity index (χ0v) is 21.3. The largest absolute Gasteiger partial charge is 0.382 e. The molecule has 2 heterocycles. The monoisotopic (exact) mass is 472 g/mol. The highest BCUT2D eigenvalue weighted by atomic mass is 32.1. The van der Waals surface area contributed by atoms with E-state index < -0.39 is 0 Å². The van der Waals surface area contributed by atoms with Crippen molar-refractivity contribution >= 4 is 55.1 Å². The van der Waals surface area contributed by atoms with Crippen LogP contribution in [0.3, 0.4) is 0 Å². The van der Waals surface area contributed by atoms with Gasteiger partial charge < -0.3 is 20.4 Å². The highest BCUT2D eigenvalue weighted by Crippen LogP contribution is 2.46. The lowest BCUT2D eigenvalue weighted by atomic mass is 10.3. The number of hydrogen-bond donors (Lipinski definition) is 1. The average Bonchev–Trinajstić information content (AvgIpc) is 3.37. The number of rotatable bonds is 10. The van der Waals surface area contributed by atoms with Crippen molar-refractivity contribution in [1.29, 1.82) is 0 Å². The number of azo groups is 1. The lowest BCUT2D eigenvalue weighted by Gasteiger charge is -2.16. The summed E-state index contributed by atoms with van der Waals surface area (Å²) in [6, 6.07) is 7.98. The fraction of sp³-hybridized carbons (Fsp3) is 0.455. The fourth-order valence-electron chi connectivity index (χ4n) is 3.19. The molecule has 0 radical (unpaired) electrons. The third kappa shape index (κ3) is 5.18. The summed E-state index contributed by atoms with van der Waals surface area (Å²) >= 11 is 3.09. The number of hydrogen-bond acceptors (Lipinski definition) is 10. The van der Waals surface area contributed by atoms with Crippen LogP contribution in [0.1, 0.15) is 27.7 Å². The van der Waals surface area contributed by atoms with Gasteiger partial charge in [-0.25, -0.2) is 9.97 Å². The van der Waals surface area contributed by atoms with Crippen molar-refractivity contribution in [3.05, 3.63) is 24.3 Å². The lowest BCUT2D eigenvalue weighted by Crippen LogP contribution is -2.21. The van der Waals surface area contributed by atoms with Gasteiger partial charge in [-0.05, 0) is 52.0 Å². The van der Waals surface area contributed by atoms with E-state index in [0.717, 1.165) is 63.4 Å². The summed E-state index contributed by atoms with van der Waals surface area (Å²) in [4.78, 5) is 16.8. The number of thiazole rings is 2. The Morgan fingerprint density at radius 3 is 1.91 bits per heavy atom. The maximum absolute atomic E-state index is 6.34. The topological polar surface area (TPSA) is 86.2 Å². The van der Waals surface area contributed by atoms with Gasteiger partial charge in [0.2, 0.25) is 0 Å². The van der Waals surface area contributed by atoms with Gasteiger partial charge in [0, 0.05) is 46.0 Å². The van der Waals surface area contributed by atoms with Gasteiger partial charge in [0.25, 0.3) is 0 Å². The fourth-order valence-corrected chi connectivity index (χ4v) is 5.38. The van der Waals surface area contributed by atoms with Gasteiger partial charge >= 0.3 is 0 Å². The molecule has 10 heteroatoms. The smallest absolute Gasteiger partial charge is 0.188 e. The number of nitrogen functional groups attached to an aromatic ring is 1. The quantitative estimate of drug-likeness (QED) is 0.363. The minimum atomic E-state index is 0.486. The highest BCUT2D eigenvalue weighted by Gasteiger charge is 2.22. The molecule has 0 aliphatic heterocycles. The van der Waals surface area contributed by atoms with Crippen LogP contribution in [0.15, 0.2) is 34.5 Å². The molecule has 0 aliphatic rings. The van der Waals surface area contributed by atoms with E-state index in [-0.39, 0.29) is 0 Å². The molecule has 0 aliphatic carbocycles. The van der Waals surface area contributed by atoms with E-state index in [1.54, 1.807) is 11.3 Å². The molecule has 0 unspecified atom stereocenters. The molecule has 3 rings (SSSR count). The van der Waals surface area contributed by atoms with E-state index in [1.165, 1.54) is 11.3 Å². The van der Waals surface area contributed by atoms with Crippen molar-refractivity contribution in [1.82, 2.24) is 9.97 Å². The summed E-state index contributed by atoms with van der Waals surface area (Å²) in [5.41, 5.74) is 9.00. The first kappa shape index (κ1) is 23.9. The molecular weight excluding hydrogens is 440 g/mol. The minimum Gasteiger partial charge on any atom is -0.382 e. The Morgan fingerprint density at radius 1 is 0.812 bits per heavy atom. The Kier molecular flexibility index (Phi) is 8.03. The van der Waals surface area contributed by atoms with Crippen LogP contribution >= 0.6 is 22.7 Å². The second-order valence-corrected chi connectivity index (χ2v) is 9.25. The molecule has 0 amide bonds. The van der Waals surface area contributed by atoms with Crippen LogP contribution in [0.5, 0.6) is 0 Å². The Bertz CT molecular complexity index is 1030. The SMILES string of the molecule is CCN(CC)c1nc(-c2sc(N(CC)CC)nc2N)c(N=Nc2ccc(N(C)C)cc2)s1. The summed E-state index contributed by atoms with van der Waals surface area (Å²) in [5.74, 6) is 0.486. The molecular formula is C22H32N8S2. The molecule has 0 atom stereocenters. The summed E-state index contributed by atoms with van der Waals surface area (Å²) in [6.07, 6.45) is 0. The zero-order chi connectivity index (χ0) is 23.3. The third-order valence-electron chi connectivity index (χ3n) is 5.15. The van der Waals surface area contributed by atoms with Crippen molar-refractivity contribution in [3.8, 4) is 10.6 Å². The molecule has 1 aromatic carbocycles. The van der Waals surface area contributed by atoms with E-state index >= 15 is 0 Å². The van der Waals surface area contributed by atoms with Crippen molar-refractivity contribution in [2.75, 3.05) is 60.7 Å². The second-order valence-electron chi connectivity index (χ2n) is 7.32. The molecule has 172 valence electrons. The molecule has 32 heavy (non-hydrogen) atoms. The number of benzene rings is 1. The first-order valence-electron chi connectivity index (χ1n) is 10.9. The molecule has 0 fully saturated rings. The van der Waals surface area contributed by atoms with Crippen LogP contribution in [-0.4, -0.2) is 50.2 Å². The van der Waals surface area contributed by atoms with E-state index in [9.17, 15) is 0 Å². The Balaban J connectivity index is 2.02. The molecule has 2 N–H and O–H groups in total. The van der Waals surface area contributed by atoms with Crippen molar-refractivity contribution in [3.63, 3.8) is 0 Å². The number of nitrogens with zero attached hydrogens (tertiary/aromatic N) is 7. The molecule has 0 saturated heterocycles. The van der Waals surface area contributed by atoms with Crippen LogP contribution in [-0.2, 0) is 0 Å². The van der Waals surface area contributed by atoms with Crippen LogP contribution in [0.25, 0.3) is 10.6 Å². The number of aromatic nitrogens is 2. The molecule has 8 nitrogen and oxygen atoms in total. The average molecular weight is 473 g/mol. The van der Waals surface area contributed by atoms with E-state index in [0.29, 0.717) is 5.82 Å². The predicted molar refractivity (Wildman–Crippen MR) is 140 cm³/mol.